The van der Waals surface area contributed by atoms with Crippen molar-refractivity contribution in [1.82, 2.24) is 4.98 Å². The maximum atomic E-state index is 14.7. The molecule has 0 bridgehead atoms. The lowest BCUT2D eigenvalue weighted by atomic mass is 10.1. The Morgan fingerprint density at radius 1 is 0.912 bits per heavy atom. The summed E-state index contributed by atoms with van der Waals surface area (Å²) in [4.78, 5) is 17.3. The molecule has 0 unspecified atom stereocenters. The molecule has 0 radical (unpaired) electrons. The summed E-state index contributed by atoms with van der Waals surface area (Å²) >= 11 is 0. The molecule has 4 rings (SSSR count). The van der Waals surface area contributed by atoms with E-state index in [0.29, 0.717) is 11.9 Å². The largest absolute Gasteiger partial charge is 0.489 e. The van der Waals surface area contributed by atoms with Gasteiger partial charge in [0.05, 0.1) is 17.1 Å². The number of nitrogens with two attached hydrogens (primary N) is 1. The number of carbonyl (C=O) groups excluding carboxylic acids is 1. The third-order valence-electron chi connectivity index (χ3n) is 5.02. The Morgan fingerprint density at radius 3 is 2.24 bits per heavy atom. The number of hydrogen-bond donors (Lipinski definition) is 1. The number of benzene rings is 3. The van der Waals surface area contributed by atoms with Crippen LogP contribution in [0.25, 0.3) is 10.9 Å². The van der Waals surface area contributed by atoms with Gasteiger partial charge in [0.2, 0.25) is 0 Å². The summed E-state index contributed by atoms with van der Waals surface area (Å²) in [5.74, 6) is -1.11. The summed E-state index contributed by atoms with van der Waals surface area (Å²) in [6.45, 7) is 0.195. The van der Waals surface area contributed by atoms with Gasteiger partial charge in [0, 0.05) is 6.04 Å². The molecule has 0 amide bonds. The van der Waals surface area contributed by atoms with Crippen LogP contribution in [0.1, 0.15) is 21.5 Å². The van der Waals surface area contributed by atoms with Gasteiger partial charge in [-0.1, -0.05) is 66.7 Å². The van der Waals surface area contributed by atoms with Crippen LogP contribution in [0, 0.1) is 5.82 Å². The van der Waals surface area contributed by atoms with Crippen LogP contribution in [0.3, 0.4) is 0 Å². The molecule has 8 heteroatoms. The van der Waals surface area contributed by atoms with Crippen LogP contribution >= 0.6 is 24.8 Å². The third-order valence-corrected chi connectivity index (χ3v) is 5.02. The summed E-state index contributed by atoms with van der Waals surface area (Å²) in [6, 6.07) is 23.2. The van der Waals surface area contributed by atoms with Gasteiger partial charge in [0.15, 0.2) is 5.75 Å². The van der Waals surface area contributed by atoms with Gasteiger partial charge in [-0.2, -0.15) is 0 Å². The van der Waals surface area contributed by atoms with Crippen LogP contribution < -0.4 is 10.5 Å². The van der Waals surface area contributed by atoms with E-state index in [9.17, 15) is 9.18 Å². The zero-order valence-electron chi connectivity index (χ0n) is 18.2. The summed E-state index contributed by atoms with van der Waals surface area (Å²) in [5.41, 5.74) is 8.48. The van der Waals surface area contributed by atoms with Crippen LogP contribution in [0.2, 0.25) is 0 Å². The highest BCUT2D eigenvalue weighted by molar-refractivity contribution is 6.06. The first-order valence-electron chi connectivity index (χ1n) is 10.3. The fourth-order valence-electron chi connectivity index (χ4n) is 3.46. The number of rotatable bonds is 8. The van der Waals surface area contributed by atoms with E-state index in [-0.39, 0.29) is 60.8 Å². The van der Waals surface area contributed by atoms with E-state index in [4.69, 9.17) is 15.2 Å². The Labute approximate surface area is 209 Å². The Kier molecular flexibility index (Phi) is 10.3. The highest BCUT2D eigenvalue weighted by Crippen LogP contribution is 2.29. The highest BCUT2D eigenvalue weighted by Gasteiger charge is 2.22. The minimum atomic E-state index is -0.682. The molecule has 1 atom stereocenters. The van der Waals surface area contributed by atoms with Crippen molar-refractivity contribution < 1.29 is 18.7 Å². The van der Waals surface area contributed by atoms with Crippen molar-refractivity contribution in [3.63, 3.8) is 0 Å². The molecule has 1 heterocycles. The number of esters is 1. The second-order valence-electron chi connectivity index (χ2n) is 7.45. The van der Waals surface area contributed by atoms with Gasteiger partial charge < -0.3 is 15.2 Å². The molecule has 4 aromatic rings. The number of halogens is 3. The van der Waals surface area contributed by atoms with Crippen LogP contribution in [0.5, 0.6) is 5.75 Å². The maximum absolute atomic E-state index is 14.7. The van der Waals surface area contributed by atoms with Gasteiger partial charge in [-0.3, -0.25) is 4.98 Å². The molecule has 3 aromatic carbocycles. The Balaban J connectivity index is 0.00000204. The van der Waals surface area contributed by atoms with Crippen molar-refractivity contribution in [3.05, 3.63) is 108 Å². The molecule has 0 saturated carbocycles. The normalized spacial score (nSPS) is 11.1. The van der Waals surface area contributed by atoms with Gasteiger partial charge in [0.1, 0.15) is 24.6 Å². The number of fused-ring (bicyclic) bond motifs is 1. The van der Waals surface area contributed by atoms with E-state index in [0.717, 1.165) is 11.1 Å². The van der Waals surface area contributed by atoms with E-state index >= 15 is 0 Å². The summed E-state index contributed by atoms with van der Waals surface area (Å²) in [7, 11) is 0. The van der Waals surface area contributed by atoms with E-state index in [1.165, 1.54) is 12.3 Å². The second-order valence-corrected chi connectivity index (χ2v) is 7.45. The maximum Gasteiger partial charge on any atom is 0.343 e. The van der Waals surface area contributed by atoms with Gasteiger partial charge in [0.25, 0.3) is 0 Å². The van der Waals surface area contributed by atoms with Crippen LogP contribution in [0.15, 0.2) is 85.1 Å². The van der Waals surface area contributed by atoms with Crippen molar-refractivity contribution >= 4 is 41.7 Å². The first-order chi connectivity index (χ1) is 15.6. The topological polar surface area (TPSA) is 74.4 Å². The Bertz CT molecular complexity index is 1210. The molecule has 178 valence electrons. The molecule has 5 nitrogen and oxygen atoms in total. The number of aromatic nitrogens is 1. The molecule has 0 aliphatic rings. The van der Waals surface area contributed by atoms with Crippen LogP contribution in [-0.2, 0) is 17.8 Å². The van der Waals surface area contributed by atoms with E-state index in [1.807, 2.05) is 60.7 Å². The molecule has 1 aromatic heterocycles. The second kappa shape index (κ2) is 12.9. The predicted octanol–water partition coefficient (Wildman–Crippen LogP) is 5.52. The number of pyridine rings is 1. The average Bonchev–Trinajstić information content (AvgIpc) is 2.82. The summed E-state index contributed by atoms with van der Waals surface area (Å²) < 4.78 is 26.0. The van der Waals surface area contributed by atoms with Crippen molar-refractivity contribution in [1.29, 1.82) is 0 Å². The number of nitrogens with zero attached hydrogens (tertiary/aromatic N) is 1. The lowest BCUT2D eigenvalue weighted by molar-refractivity contribution is 0.0469. The van der Waals surface area contributed by atoms with Gasteiger partial charge >= 0.3 is 5.97 Å². The molecule has 0 fully saturated rings. The zero-order chi connectivity index (χ0) is 22.3. The molecule has 0 aliphatic heterocycles. The van der Waals surface area contributed by atoms with Crippen molar-refractivity contribution in [2.45, 2.75) is 19.1 Å². The first kappa shape index (κ1) is 27.1. The van der Waals surface area contributed by atoms with Crippen LogP contribution in [-0.4, -0.2) is 23.6 Å². The number of carbonyl (C=O) groups is 1. The van der Waals surface area contributed by atoms with Crippen molar-refractivity contribution in [2.24, 2.45) is 5.73 Å². The summed E-state index contributed by atoms with van der Waals surface area (Å²) in [6.07, 6.45) is 2.01. The average molecular weight is 503 g/mol. The van der Waals surface area contributed by atoms with E-state index < -0.39 is 11.8 Å². The molecule has 0 aliphatic carbocycles. The molecular weight excluding hydrogens is 478 g/mol. The first-order valence-corrected chi connectivity index (χ1v) is 10.3. The minimum Gasteiger partial charge on any atom is -0.489 e. The van der Waals surface area contributed by atoms with Gasteiger partial charge in [-0.05, 0) is 29.7 Å². The monoisotopic (exact) mass is 502 g/mol. The lowest BCUT2D eigenvalue weighted by Crippen LogP contribution is -2.30. The standard InChI is InChI=1S/C26H23FN2O3.2ClH/c27-21-12-7-13-22-24(21)25(26(30)32-16-19-10-5-2-6-11-19)23(15-29-22)31-17-20(28)14-18-8-3-1-4-9-18;;/h1-13,15,20H,14,16-17,28H2;2*1H/t20-;;/m1../s1. The molecule has 0 saturated heterocycles. The lowest BCUT2D eigenvalue weighted by Gasteiger charge is -2.17. The highest BCUT2D eigenvalue weighted by atomic mass is 35.5. The Hall–Kier alpha value is -3.19. The molecule has 34 heavy (non-hydrogen) atoms. The smallest absolute Gasteiger partial charge is 0.343 e. The molecule has 2 N–H and O–H groups in total. The van der Waals surface area contributed by atoms with Crippen molar-refractivity contribution in [2.75, 3.05) is 6.61 Å². The van der Waals surface area contributed by atoms with Crippen LogP contribution in [0.4, 0.5) is 4.39 Å². The zero-order valence-corrected chi connectivity index (χ0v) is 19.9. The SMILES string of the molecule is Cl.Cl.N[C@@H](COc1cnc2cccc(F)c2c1C(=O)OCc1ccccc1)Cc1ccccc1. The summed E-state index contributed by atoms with van der Waals surface area (Å²) in [5, 5.41) is 0.0692. The predicted molar refractivity (Wildman–Crippen MR) is 135 cm³/mol. The van der Waals surface area contributed by atoms with Gasteiger partial charge in [-0.25, -0.2) is 9.18 Å². The van der Waals surface area contributed by atoms with E-state index in [2.05, 4.69) is 4.98 Å². The number of ether oxygens (including phenoxy) is 2. The minimum absolute atomic E-state index is 0. The molecule has 0 spiro atoms. The van der Waals surface area contributed by atoms with E-state index in [1.54, 1.807) is 12.1 Å². The third kappa shape index (κ3) is 6.67. The fourth-order valence-corrected chi connectivity index (χ4v) is 3.46. The number of hydrogen-bond acceptors (Lipinski definition) is 5. The Morgan fingerprint density at radius 2 is 1.56 bits per heavy atom. The fraction of sp³-hybridized carbons (Fsp3) is 0.154. The van der Waals surface area contributed by atoms with Crippen molar-refractivity contribution in [3.8, 4) is 5.75 Å². The van der Waals surface area contributed by atoms with Gasteiger partial charge in [-0.15, -0.1) is 24.8 Å². The quantitative estimate of drug-likeness (QED) is 0.321. The molecular formula is C26H25Cl2FN2O3.